The van der Waals surface area contributed by atoms with Crippen LogP contribution in [0.1, 0.15) is 96.8 Å². The second-order valence-corrected chi connectivity index (χ2v) is 5.71. The second kappa shape index (κ2) is 19.2. The van der Waals surface area contributed by atoms with E-state index in [0.29, 0.717) is 6.61 Å². The fourth-order valence-corrected chi connectivity index (χ4v) is 2.46. The molecule has 0 atom stereocenters. The molecule has 0 unspecified atom stereocenters. The predicted octanol–water partition coefficient (Wildman–Crippen LogP) is 6.32. The molecule has 0 aliphatic heterocycles. The highest BCUT2D eigenvalue weighted by atomic mass is 16.7. The average Bonchev–Trinajstić information content (AvgIpc) is 2.43. The van der Waals surface area contributed by atoms with Crippen molar-refractivity contribution < 1.29 is 14.6 Å². The molecule has 0 saturated carbocycles. The predicted molar refractivity (Wildman–Crippen MR) is 89.3 cm³/mol. The van der Waals surface area contributed by atoms with E-state index >= 15 is 0 Å². The topological polar surface area (TPSA) is 81.5 Å². The first kappa shape index (κ1) is 22.5. The SMILES string of the molecule is CCCCCCCCCCCCCCCCOC(=O)O.N. The van der Waals surface area contributed by atoms with E-state index in [-0.39, 0.29) is 6.15 Å². The molecule has 0 amide bonds. The van der Waals surface area contributed by atoms with Crippen LogP contribution in [-0.2, 0) is 4.74 Å². The van der Waals surface area contributed by atoms with Gasteiger partial charge in [0.25, 0.3) is 0 Å². The molecule has 0 saturated heterocycles. The third-order valence-corrected chi connectivity index (χ3v) is 3.72. The van der Waals surface area contributed by atoms with Crippen LogP contribution in [0.4, 0.5) is 4.79 Å². The van der Waals surface area contributed by atoms with Crippen molar-refractivity contribution in [2.45, 2.75) is 96.8 Å². The second-order valence-electron chi connectivity index (χ2n) is 5.71. The van der Waals surface area contributed by atoms with Crippen molar-refractivity contribution >= 4 is 6.16 Å². The number of unbranched alkanes of at least 4 members (excludes halogenated alkanes) is 13. The van der Waals surface area contributed by atoms with Crippen LogP contribution in [-0.4, -0.2) is 17.9 Å². The van der Waals surface area contributed by atoms with Gasteiger partial charge in [0.2, 0.25) is 0 Å². The van der Waals surface area contributed by atoms with Gasteiger partial charge in [-0.05, 0) is 6.42 Å². The Bertz CT molecular complexity index is 210. The fourth-order valence-electron chi connectivity index (χ4n) is 2.46. The first-order valence-electron chi connectivity index (χ1n) is 8.63. The lowest BCUT2D eigenvalue weighted by Gasteiger charge is -2.03. The zero-order valence-corrected chi connectivity index (χ0v) is 14.1. The van der Waals surface area contributed by atoms with Gasteiger partial charge in [-0.1, -0.05) is 90.4 Å². The van der Waals surface area contributed by atoms with Gasteiger partial charge in [0.1, 0.15) is 0 Å². The molecule has 0 aromatic rings. The lowest BCUT2D eigenvalue weighted by molar-refractivity contribution is 0.0899. The Kier molecular flexibility index (Phi) is 20.6. The van der Waals surface area contributed by atoms with Gasteiger partial charge in [0, 0.05) is 0 Å². The zero-order valence-electron chi connectivity index (χ0n) is 14.1. The Morgan fingerprint density at radius 2 is 1.05 bits per heavy atom. The quantitative estimate of drug-likeness (QED) is 0.274. The summed E-state index contributed by atoms with van der Waals surface area (Å²) in [6.07, 6.45) is 17.2. The summed E-state index contributed by atoms with van der Waals surface area (Å²) in [5, 5.41) is 8.30. The highest BCUT2D eigenvalue weighted by molar-refractivity contribution is 5.56. The molecule has 4 N–H and O–H groups in total. The van der Waals surface area contributed by atoms with E-state index in [1.807, 2.05) is 0 Å². The smallest absolute Gasteiger partial charge is 0.450 e. The Labute approximate surface area is 131 Å². The molecule has 0 radical (unpaired) electrons. The highest BCUT2D eigenvalue weighted by Gasteiger charge is 1.96. The number of carboxylic acid groups (broad SMARTS) is 1. The maximum atomic E-state index is 10.1. The Balaban J connectivity index is 0. The maximum Gasteiger partial charge on any atom is 0.505 e. The largest absolute Gasteiger partial charge is 0.505 e. The molecule has 0 heterocycles. The lowest BCUT2D eigenvalue weighted by atomic mass is 10.0. The van der Waals surface area contributed by atoms with Crippen molar-refractivity contribution in [3.8, 4) is 0 Å². The minimum atomic E-state index is -1.15. The minimum Gasteiger partial charge on any atom is -0.450 e. The van der Waals surface area contributed by atoms with Crippen LogP contribution >= 0.6 is 0 Å². The monoisotopic (exact) mass is 303 g/mol. The maximum absolute atomic E-state index is 10.1. The van der Waals surface area contributed by atoms with E-state index in [1.165, 1.54) is 77.0 Å². The van der Waals surface area contributed by atoms with E-state index in [1.54, 1.807) is 0 Å². The van der Waals surface area contributed by atoms with Gasteiger partial charge in [-0.3, -0.25) is 0 Å². The molecule has 0 bridgehead atoms. The van der Waals surface area contributed by atoms with Crippen molar-refractivity contribution in [1.29, 1.82) is 0 Å². The summed E-state index contributed by atoms with van der Waals surface area (Å²) in [6.45, 7) is 2.62. The zero-order chi connectivity index (χ0) is 14.9. The molecule has 0 aliphatic carbocycles. The first-order chi connectivity index (χ1) is 9.77. The van der Waals surface area contributed by atoms with Crippen molar-refractivity contribution in [2.24, 2.45) is 0 Å². The summed E-state index contributed by atoms with van der Waals surface area (Å²) >= 11 is 0. The highest BCUT2D eigenvalue weighted by Crippen LogP contribution is 2.12. The standard InChI is InChI=1S/C17H34O3.H3N/c1-2-3-4-5-6-7-8-9-10-11-12-13-14-15-16-20-17(18)19;/h2-16H2,1H3,(H,18,19);1H3. The van der Waals surface area contributed by atoms with Gasteiger partial charge in [-0.2, -0.15) is 0 Å². The van der Waals surface area contributed by atoms with Gasteiger partial charge in [0.05, 0.1) is 6.61 Å². The minimum absolute atomic E-state index is 0. The van der Waals surface area contributed by atoms with Crippen LogP contribution in [0.25, 0.3) is 0 Å². The third-order valence-electron chi connectivity index (χ3n) is 3.72. The first-order valence-corrected chi connectivity index (χ1v) is 8.63. The van der Waals surface area contributed by atoms with E-state index in [9.17, 15) is 4.79 Å². The summed E-state index contributed by atoms with van der Waals surface area (Å²) in [5.74, 6) is 0. The Hall–Kier alpha value is -0.770. The number of carbonyl (C=O) groups is 1. The average molecular weight is 303 g/mol. The van der Waals surface area contributed by atoms with Crippen LogP contribution in [0.3, 0.4) is 0 Å². The number of hydrogen-bond donors (Lipinski definition) is 2. The number of ether oxygens (including phenoxy) is 1. The molecular formula is C17H37NO3. The third kappa shape index (κ3) is 21.7. The van der Waals surface area contributed by atoms with E-state index in [2.05, 4.69) is 11.7 Å². The summed E-state index contributed by atoms with van der Waals surface area (Å²) in [6, 6.07) is 0. The van der Waals surface area contributed by atoms with Crippen LogP contribution in [0.5, 0.6) is 0 Å². The molecule has 0 fully saturated rings. The lowest BCUT2D eigenvalue weighted by Crippen LogP contribution is -2.01. The fraction of sp³-hybridized carbons (Fsp3) is 0.941. The van der Waals surface area contributed by atoms with Crippen LogP contribution in [0, 0.1) is 0 Å². The molecule has 4 heteroatoms. The van der Waals surface area contributed by atoms with Gasteiger partial charge in [-0.15, -0.1) is 0 Å². The normalized spacial score (nSPS) is 10.1. The van der Waals surface area contributed by atoms with Crippen molar-refractivity contribution in [3.63, 3.8) is 0 Å². The van der Waals surface area contributed by atoms with Gasteiger partial charge < -0.3 is 16.0 Å². The van der Waals surface area contributed by atoms with Gasteiger partial charge in [0.15, 0.2) is 0 Å². The Morgan fingerprint density at radius 1 is 0.714 bits per heavy atom. The van der Waals surface area contributed by atoms with E-state index < -0.39 is 6.16 Å². The number of hydrogen-bond acceptors (Lipinski definition) is 3. The van der Waals surface area contributed by atoms with Gasteiger partial charge in [-0.25, -0.2) is 4.79 Å². The summed E-state index contributed by atoms with van der Waals surface area (Å²) in [5.41, 5.74) is 0. The molecule has 0 spiro atoms. The molecule has 0 rings (SSSR count). The van der Waals surface area contributed by atoms with Crippen LogP contribution in [0.2, 0.25) is 0 Å². The van der Waals surface area contributed by atoms with E-state index in [0.717, 1.165) is 12.8 Å². The van der Waals surface area contributed by atoms with Crippen LogP contribution in [0.15, 0.2) is 0 Å². The molecular weight excluding hydrogens is 266 g/mol. The van der Waals surface area contributed by atoms with Crippen molar-refractivity contribution in [1.82, 2.24) is 6.15 Å². The molecule has 0 aromatic carbocycles. The molecule has 0 aliphatic rings. The van der Waals surface area contributed by atoms with E-state index in [4.69, 9.17) is 5.11 Å². The van der Waals surface area contributed by atoms with Crippen molar-refractivity contribution in [2.75, 3.05) is 6.61 Å². The summed E-state index contributed by atoms with van der Waals surface area (Å²) in [4.78, 5) is 10.1. The molecule has 0 aromatic heterocycles. The molecule has 4 nitrogen and oxygen atoms in total. The van der Waals surface area contributed by atoms with Crippen molar-refractivity contribution in [3.05, 3.63) is 0 Å². The van der Waals surface area contributed by atoms with Gasteiger partial charge >= 0.3 is 6.16 Å². The molecule has 21 heavy (non-hydrogen) atoms. The van der Waals surface area contributed by atoms with Crippen LogP contribution < -0.4 is 6.15 Å². The number of rotatable bonds is 15. The summed E-state index contributed by atoms with van der Waals surface area (Å²) in [7, 11) is 0. The Morgan fingerprint density at radius 3 is 1.38 bits per heavy atom. The summed E-state index contributed by atoms with van der Waals surface area (Å²) < 4.78 is 4.47. The molecule has 128 valence electrons.